The van der Waals surface area contributed by atoms with Crippen molar-refractivity contribution in [2.24, 2.45) is 0 Å². The molecule has 2 aromatic carbocycles. The van der Waals surface area contributed by atoms with Crippen molar-refractivity contribution in [2.75, 3.05) is 45.4 Å². The first kappa shape index (κ1) is 34.9. The van der Waals surface area contributed by atoms with Gasteiger partial charge in [0.05, 0.1) is 26.3 Å². The summed E-state index contributed by atoms with van der Waals surface area (Å²) in [6.45, 7) is 5.86. The summed E-state index contributed by atoms with van der Waals surface area (Å²) in [6.07, 6.45) is 0.290. The highest BCUT2D eigenvalue weighted by Crippen LogP contribution is 2.55. The summed E-state index contributed by atoms with van der Waals surface area (Å²) in [4.78, 5) is 46.1. The Hall–Kier alpha value is -3.91. The van der Waals surface area contributed by atoms with E-state index in [2.05, 4.69) is 31.8 Å². The number of rotatable bonds is 8. The van der Waals surface area contributed by atoms with E-state index in [1.807, 2.05) is 44.3 Å². The number of aryl methyl sites for hydroxylation is 1. The topological polar surface area (TPSA) is 132 Å². The maximum Gasteiger partial charge on any atom is 0.242 e. The SMILES string of the molecule is COC1=C(C)C(=O)C2=C(C1=O)C(CNC(=O)C(C)NC(=S)Nc1ccccc1)N1CC3C(CS)c4cc(C)c(OC)c(O)c4C(C1C2)N3C. The lowest BCUT2D eigenvalue weighted by Crippen LogP contribution is -2.68. The van der Waals surface area contributed by atoms with Gasteiger partial charge in [0, 0.05) is 59.1 Å². The highest BCUT2D eigenvalue weighted by atomic mass is 32.1. The van der Waals surface area contributed by atoms with E-state index < -0.39 is 12.1 Å². The number of likely N-dealkylation sites (N-methyl/N-ethyl adjacent to an activating group) is 1. The van der Waals surface area contributed by atoms with Gasteiger partial charge in [-0.15, -0.1) is 0 Å². The molecule has 49 heavy (non-hydrogen) atoms. The number of thiol groups is 1. The Morgan fingerprint density at radius 1 is 1.12 bits per heavy atom. The van der Waals surface area contributed by atoms with E-state index in [9.17, 15) is 19.5 Å². The highest BCUT2D eigenvalue weighted by molar-refractivity contribution is 7.80. The average molecular weight is 706 g/mol. The quantitative estimate of drug-likeness (QED) is 0.157. The van der Waals surface area contributed by atoms with Crippen LogP contribution in [0.3, 0.4) is 0 Å². The first-order valence-electron chi connectivity index (χ1n) is 16.4. The van der Waals surface area contributed by atoms with E-state index in [4.69, 9.17) is 34.3 Å². The van der Waals surface area contributed by atoms with E-state index >= 15 is 0 Å². The van der Waals surface area contributed by atoms with Crippen molar-refractivity contribution in [2.45, 2.75) is 63.3 Å². The molecule has 2 bridgehead atoms. The maximum atomic E-state index is 14.1. The third-order valence-corrected chi connectivity index (χ3v) is 11.2. The summed E-state index contributed by atoms with van der Waals surface area (Å²) in [5.41, 5.74) is 4.43. The molecular weight excluding hydrogens is 663 g/mol. The second-order valence-electron chi connectivity index (χ2n) is 13.2. The summed E-state index contributed by atoms with van der Waals surface area (Å²) in [6, 6.07) is 9.51. The van der Waals surface area contributed by atoms with E-state index in [-0.39, 0.29) is 65.1 Å². The van der Waals surface area contributed by atoms with Crippen LogP contribution in [0.5, 0.6) is 11.5 Å². The molecule has 2 aromatic rings. The molecule has 0 radical (unpaired) electrons. The number of nitrogens with zero attached hydrogens (tertiary/aromatic N) is 2. The molecule has 1 saturated heterocycles. The Kier molecular flexibility index (Phi) is 9.82. The Labute approximate surface area is 297 Å². The number of carbonyl (C=O) groups is 3. The predicted molar refractivity (Wildman–Crippen MR) is 194 cm³/mol. The van der Waals surface area contributed by atoms with Gasteiger partial charge in [-0.1, -0.05) is 24.3 Å². The first-order chi connectivity index (χ1) is 23.4. The second kappa shape index (κ2) is 13.8. The summed E-state index contributed by atoms with van der Waals surface area (Å²) < 4.78 is 11.1. The van der Waals surface area contributed by atoms with Gasteiger partial charge in [-0.2, -0.15) is 12.6 Å². The molecule has 0 spiro atoms. The van der Waals surface area contributed by atoms with Gasteiger partial charge in [0.1, 0.15) is 6.04 Å². The maximum absolute atomic E-state index is 14.1. The molecule has 3 heterocycles. The van der Waals surface area contributed by atoms with Gasteiger partial charge in [0.2, 0.25) is 11.7 Å². The molecule has 4 aliphatic rings. The number of methoxy groups -OCH3 is 2. The number of phenols is 1. The molecule has 11 nitrogen and oxygen atoms in total. The number of thiocarbonyl (C=S) groups is 1. The van der Waals surface area contributed by atoms with Crippen molar-refractivity contribution in [3.8, 4) is 11.5 Å². The zero-order valence-corrected chi connectivity index (χ0v) is 30.2. The van der Waals surface area contributed by atoms with Crippen LogP contribution >= 0.6 is 24.8 Å². The van der Waals surface area contributed by atoms with Crippen molar-refractivity contribution in [1.29, 1.82) is 0 Å². The minimum Gasteiger partial charge on any atom is -0.504 e. The molecular formula is C36H43N5O6S2. The molecule has 1 aliphatic carbocycles. The van der Waals surface area contributed by atoms with Gasteiger partial charge in [0.25, 0.3) is 0 Å². The molecule has 6 rings (SSSR count). The van der Waals surface area contributed by atoms with Crippen LogP contribution in [0.2, 0.25) is 0 Å². The largest absolute Gasteiger partial charge is 0.504 e. The van der Waals surface area contributed by atoms with Crippen molar-refractivity contribution in [3.63, 3.8) is 0 Å². The standard InChI is InChI=1S/C36H43N5O6S2/c1-17-12-21-23(16-48)26-15-41-24(29(40(26)4)28(21)32(44)33(17)46-5)13-22-27(31(43)34(47-6)18(2)30(22)42)25(41)14-37-35(45)19(3)38-36(49)39-20-10-8-7-9-11-20/h7-12,19,23-26,29,44,48H,13-16H2,1-6H3,(H,37,45)(H2,38,39,49). The fourth-order valence-corrected chi connectivity index (χ4v) is 8.97. The number of aromatic hydroxyl groups is 1. The van der Waals surface area contributed by atoms with Gasteiger partial charge in [-0.05, 0) is 75.5 Å². The van der Waals surface area contributed by atoms with Gasteiger partial charge < -0.3 is 30.5 Å². The third kappa shape index (κ3) is 5.90. The number of Topliss-reactive ketones (excluding diaryl/α,β-unsaturated/α-hetero) is 2. The molecule has 6 atom stereocenters. The molecule has 6 unspecified atom stereocenters. The van der Waals surface area contributed by atoms with Crippen LogP contribution < -0.4 is 20.7 Å². The lowest BCUT2D eigenvalue weighted by molar-refractivity contribution is -0.124. The number of piperazine rings is 1. The average Bonchev–Trinajstić information content (AvgIpc) is 3.07. The van der Waals surface area contributed by atoms with Gasteiger partial charge in [-0.3, -0.25) is 24.2 Å². The zero-order valence-electron chi connectivity index (χ0n) is 28.5. The number of hydrogen-bond donors (Lipinski definition) is 5. The van der Waals surface area contributed by atoms with Crippen LogP contribution in [0.1, 0.15) is 48.9 Å². The number of hydrogen-bond acceptors (Lipinski definition) is 10. The zero-order chi connectivity index (χ0) is 35.3. The van der Waals surface area contributed by atoms with Crippen molar-refractivity contribution in [1.82, 2.24) is 20.4 Å². The predicted octanol–water partition coefficient (Wildman–Crippen LogP) is 3.39. The normalized spacial score (nSPS) is 25.6. The van der Waals surface area contributed by atoms with E-state index in [1.165, 1.54) is 7.11 Å². The number of amides is 1. The highest BCUT2D eigenvalue weighted by Gasteiger charge is 2.56. The number of fused-ring (bicyclic) bond motifs is 6. The van der Waals surface area contributed by atoms with Crippen molar-refractivity contribution < 1.29 is 29.0 Å². The summed E-state index contributed by atoms with van der Waals surface area (Å²) in [5.74, 6) is 0.0999. The number of carbonyl (C=O) groups excluding carboxylic acids is 3. The van der Waals surface area contributed by atoms with E-state index in [1.54, 1.807) is 21.0 Å². The number of anilines is 1. The number of nitrogens with one attached hydrogen (secondary N) is 3. The molecule has 0 saturated carbocycles. The Balaban J connectivity index is 1.36. The van der Waals surface area contributed by atoms with Crippen molar-refractivity contribution >= 4 is 53.1 Å². The fraction of sp³-hybridized carbons (Fsp3) is 0.444. The van der Waals surface area contributed by atoms with Crippen LogP contribution in [0.15, 0.2) is 58.9 Å². The van der Waals surface area contributed by atoms with Gasteiger partial charge in [-0.25, -0.2) is 0 Å². The number of ether oxygens (including phenoxy) is 2. The number of benzene rings is 2. The van der Waals surface area contributed by atoms with Crippen LogP contribution in [0.25, 0.3) is 0 Å². The summed E-state index contributed by atoms with van der Waals surface area (Å²) >= 11 is 10.2. The molecule has 260 valence electrons. The molecule has 13 heteroatoms. The van der Waals surface area contributed by atoms with Crippen LogP contribution in [0.4, 0.5) is 5.69 Å². The van der Waals surface area contributed by atoms with Crippen LogP contribution in [0, 0.1) is 6.92 Å². The first-order valence-corrected chi connectivity index (χ1v) is 17.4. The van der Waals surface area contributed by atoms with E-state index in [0.717, 1.165) is 22.4 Å². The van der Waals surface area contributed by atoms with Gasteiger partial charge >= 0.3 is 0 Å². The molecule has 1 fully saturated rings. The number of ketones is 2. The second-order valence-corrected chi connectivity index (χ2v) is 13.9. The number of para-hydroxylation sites is 1. The molecule has 3 aliphatic heterocycles. The Bertz CT molecular complexity index is 1780. The number of allylic oxidation sites excluding steroid dienone is 2. The third-order valence-electron chi connectivity index (χ3n) is 10.5. The monoisotopic (exact) mass is 705 g/mol. The number of phenolic OH excluding ortho intramolecular Hbond substituents is 1. The Morgan fingerprint density at radius 3 is 2.49 bits per heavy atom. The lowest BCUT2D eigenvalue weighted by Gasteiger charge is -2.60. The summed E-state index contributed by atoms with van der Waals surface area (Å²) in [7, 11) is 4.98. The van der Waals surface area contributed by atoms with Crippen LogP contribution in [-0.2, 0) is 19.1 Å². The van der Waals surface area contributed by atoms with Crippen LogP contribution in [-0.4, -0.2) is 102 Å². The van der Waals surface area contributed by atoms with Gasteiger partial charge in [0.15, 0.2) is 28.2 Å². The smallest absolute Gasteiger partial charge is 0.242 e. The molecule has 0 aromatic heterocycles. The van der Waals surface area contributed by atoms with E-state index in [0.29, 0.717) is 40.7 Å². The minimum atomic E-state index is -0.697. The molecule has 4 N–H and O–H groups in total. The summed E-state index contributed by atoms with van der Waals surface area (Å²) in [5, 5.41) is 21.2. The lowest BCUT2D eigenvalue weighted by atomic mass is 9.69. The van der Waals surface area contributed by atoms with Crippen molar-refractivity contribution in [3.05, 3.63) is 75.6 Å². The molecule has 1 amide bonds. The minimum absolute atomic E-state index is 0.0191. The Morgan fingerprint density at radius 2 is 1.84 bits per heavy atom. The fourth-order valence-electron chi connectivity index (χ4n) is 8.24.